The Balaban J connectivity index is 6.73. The minimum Gasteiger partial charge on any atom is -0.458 e. The zero-order valence-corrected chi connectivity index (χ0v) is 15.1. The average molecular weight is 538 g/mol. The third-order valence-electron chi connectivity index (χ3n) is 2.97. The minimum atomic E-state index is -8.04. The molecule has 0 radical (unpaired) electrons. The zero-order valence-electron chi connectivity index (χ0n) is 15.1. The van der Waals surface area contributed by atoms with Crippen LogP contribution in [0.2, 0.25) is 0 Å². The molecule has 0 unspecified atom stereocenters. The third kappa shape index (κ3) is 5.65. The topological polar surface area (TPSA) is 44.8 Å². The molecule has 0 aromatic carbocycles. The summed E-state index contributed by atoms with van der Waals surface area (Å²) < 4.78 is 225. The van der Waals surface area contributed by atoms with Crippen molar-refractivity contribution in [3.63, 3.8) is 0 Å². The molecule has 0 aromatic rings. The summed E-state index contributed by atoms with van der Waals surface area (Å²) in [5.74, 6) is -26.4. The lowest BCUT2D eigenvalue weighted by Gasteiger charge is -2.40. The van der Waals surface area contributed by atoms with E-state index in [2.05, 4.69) is 4.74 Å². The van der Waals surface area contributed by atoms with Gasteiger partial charge in [-0.3, -0.25) is 9.47 Å². The molecule has 0 aromatic heterocycles. The summed E-state index contributed by atoms with van der Waals surface area (Å²) in [5, 5.41) is 0. The predicted molar refractivity (Wildman–Crippen MR) is 64.1 cm³/mol. The summed E-state index contributed by atoms with van der Waals surface area (Å²) in [7, 11) is 0. The molecule has 0 rings (SSSR count). The van der Waals surface area contributed by atoms with Gasteiger partial charge in [-0.2, -0.15) is 74.6 Å². The second kappa shape index (κ2) is 8.45. The summed E-state index contributed by atoms with van der Waals surface area (Å²) in [4.78, 5) is 11.1. The van der Waals surface area contributed by atoms with Crippen molar-refractivity contribution in [1.29, 1.82) is 0 Å². The number of esters is 1. The van der Waals surface area contributed by atoms with Crippen molar-refractivity contribution in [2.45, 2.75) is 68.3 Å². The van der Waals surface area contributed by atoms with Crippen molar-refractivity contribution >= 4 is 5.97 Å². The first kappa shape index (κ1) is 31.2. The number of carbonyl (C=O) groups is 1. The molecule has 2 atom stereocenters. The van der Waals surface area contributed by atoms with Gasteiger partial charge >= 0.3 is 54.3 Å². The molecule has 0 fully saturated rings. The average Bonchev–Trinajstić information content (AvgIpc) is 2.49. The Morgan fingerprint density at radius 3 is 1.24 bits per heavy atom. The molecular weight excluding hydrogens is 531 g/mol. The Hall–Kier alpha value is -1.80. The highest BCUT2D eigenvalue weighted by Crippen LogP contribution is 2.56. The molecule has 0 heterocycles. The van der Waals surface area contributed by atoms with Crippen molar-refractivity contribution in [2.24, 2.45) is 0 Å². The van der Waals surface area contributed by atoms with Crippen LogP contribution < -0.4 is 0 Å². The van der Waals surface area contributed by atoms with Gasteiger partial charge in [-0.1, -0.05) is 0 Å². The normalized spacial score (nSPS) is 18.7. The lowest BCUT2D eigenvalue weighted by atomic mass is 10.2. The highest BCUT2D eigenvalue weighted by molar-refractivity contribution is 5.79. The largest absolute Gasteiger partial charge is 0.462 e. The highest BCUT2D eigenvalue weighted by atomic mass is 19.4. The van der Waals surface area contributed by atoms with Gasteiger partial charge in [0.15, 0.2) is 0 Å². The van der Waals surface area contributed by atoms with E-state index in [9.17, 15) is 79.4 Å². The van der Waals surface area contributed by atoms with E-state index in [4.69, 9.17) is 0 Å². The third-order valence-corrected chi connectivity index (χ3v) is 2.97. The fourth-order valence-electron chi connectivity index (χ4n) is 1.44. The van der Waals surface area contributed by atoms with Crippen molar-refractivity contribution in [1.82, 2.24) is 0 Å². The van der Waals surface area contributed by atoms with Crippen molar-refractivity contribution in [3.8, 4) is 0 Å². The Bertz CT molecular complexity index is 708. The second-order valence-electron chi connectivity index (χ2n) is 5.95. The molecule has 0 bridgehead atoms. The van der Waals surface area contributed by atoms with Crippen molar-refractivity contribution in [3.05, 3.63) is 0 Å². The van der Waals surface area contributed by atoms with Crippen LogP contribution in [0, 0.1) is 0 Å². The van der Waals surface area contributed by atoms with Gasteiger partial charge in [0.2, 0.25) is 0 Å². The molecule has 0 saturated heterocycles. The standard InChI is InChI=1S/C12H7F17O4/c1-3(2)31-4(30)5(13,8(17,18)19)32-12(28,29)7(16,10(23,24)25)33-11(26,27)6(14,15)9(20,21)22/h3H,1-2H3/t5-,7-/m0/s1. The van der Waals surface area contributed by atoms with Crippen LogP contribution in [0.1, 0.15) is 13.8 Å². The smallest absolute Gasteiger partial charge is 0.458 e. The van der Waals surface area contributed by atoms with Gasteiger partial charge in [0.05, 0.1) is 6.10 Å². The van der Waals surface area contributed by atoms with Gasteiger partial charge in [-0.25, -0.2) is 4.79 Å². The molecule has 4 nitrogen and oxygen atoms in total. The molecule has 0 saturated carbocycles. The van der Waals surface area contributed by atoms with Crippen LogP contribution in [0.4, 0.5) is 74.6 Å². The van der Waals surface area contributed by atoms with E-state index in [1.54, 1.807) is 0 Å². The minimum absolute atomic E-state index is 0.602. The molecule has 33 heavy (non-hydrogen) atoms. The highest BCUT2D eigenvalue weighted by Gasteiger charge is 2.85. The van der Waals surface area contributed by atoms with E-state index in [-0.39, 0.29) is 0 Å². The van der Waals surface area contributed by atoms with Crippen LogP contribution >= 0.6 is 0 Å². The van der Waals surface area contributed by atoms with Crippen molar-refractivity contribution < 1.29 is 93.6 Å². The first-order valence-electron chi connectivity index (χ1n) is 7.33. The Morgan fingerprint density at radius 1 is 0.576 bits per heavy atom. The maximum atomic E-state index is 13.9. The number of alkyl halides is 17. The molecule has 0 N–H and O–H groups in total. The van der Waals surface area contributed by atoms with Crippen LogP contribution in [0.15, 0.2) is 0 Å². The summed E-state index contributed by atoms with van der Waals surface area (Å²) in [6.45, 7) is 1.20. The van der Waals surface area contributed by atoms with E-state index < -0.39 is 60.5 Å². The van der Waals surface area contributed by atoms with Crippen LogP contribution in [-0.4, -0.2) is 60.5 Å². The lowest BCUT2D eigenvalue weighted by Crippen LogP contribution is -2.68. The zero-order chi connectivity index (χ0) is 27.3. The van der Waals surface area contributed by atoms with E-state index in [0.717, 1.165) is 0 Å². The lowest BCUT2D eigenvalue weighted by molar-refractivity contribution is -0.548. The van der Waals surface area contributed by atoms with Crippen LogP contribution in [0.5, 0.6) is 0 Å². The van der Waals surface area contributed by atoms with Gasteiger partial charge in [0.25, 0.3) is 0 Å². The molecular formula is C12H7F17O4. The van der Waals surface area contributed by atoms with Crippen LogP contribution in [-0.2, 0) is 19.0 Å². The van der Waals surface area contributed by atoms with E-state index in [1.807, 2.05) is 4.74 Å². The summed E-state index contributed by atoms with van der Waals surface area (Å²) in [6.07, 6.45) is -40.4. The number of rotatable bonds is 8. The molecule has 21 heteroatoms. The summed E-state index contributed by atoms with van der Waals surface area (Å²) in [5.41, 5.74) is 0. The molecule has 0 aliphatic heterocycles. The van der Waals surface area contributed by atoms with Gasteiger partial charge in [-0.05, 0) is 13.8 Å². The van der Waals surface area contributed by atoms with E-state index in [1.165, 1.54) is 4.74 Å². The van der Waals surface area contributed by atoms with E-state index in [0.29, 0.717) is 13.8 Å². The Morgan fingerprint density at radius 2 is 0.970 bits per heavy atom. The fraction of sp³-hybridized carbons (Fsp3) is 0.917. The second-order valence-corrected chi connectivity index (χ2v) is 5.95. The van der Waals surface area contributed by atoms with Crippen LogP contribution in [0.3, 0.4) is 0 Å². The molecule has 198 valence electrons. The Kier molecular flexibility index (Phi) is 7.99. The maximum absolute atomic E-state index is 13.9. The summed E-state index contributed by atoms with van der Waals surface area (Å²) >= 11 is 0. The first-order chi connectivity index (χ1) is 14.0. The number of ether oxygens (including phenoxy) is 3. The number of halogens is 17. The number of carbonyl (C=O) groups excluding carboxylic acids is 1. The number of hydrogen-bond acceptors (Lipinski definition) is 4. The quantitative estimate of drug-likeness (QED) is 0.289. The van der Waals surface area contributed by atoms with Crippen LogP contribution in [0.25, 0.3) is 0 Å². The molecule has 0 aliphatic carbocycles. The number of hydrogen-bond donors (Lipinski definition) is 0. The predicted octanol–water partition coefficient (Wildman–Crippen LogP) is 5.81. The van der Waals surface area contributed by atoms with Gasteiger partial charge in [-0.15, -0.1) is 0 Å². The SMILES string of the molecule is CC(C)OC(=O)[C@](F)(OC(F)(F)[C@@](F)(OC(F)(F)C(F)(F)C(F)(F)F)C(F)(F)F)C(F)(F)F. The van der Waals surface area contributed by atoms with Gasteiger partial charge in [0.1, 0.15) is 0 Å². The van der Waals surface area contributed by atoms with Crippen molar-refractivity contribution in [2.75, 3.05) is 0 Å². The van der Waals surface area contributed by atoms with Gasteiger partial charge < -0.3 is 4.74 Å². The van der Waals surface area contributed by atoms with Gasteiger partial charge in [0, 0.05) is 0 Å². The maximum Gasteiger partial charge on any atom is 0.462 e. The molecule has 0 amide bonds. The summed E-state index contributed by atoms with van der Waals surface area (Å²) in [6, 6.07) is 0. The molecule has 0 aliphatic rings. The fourth-order valence-corrected chi connectivity index (χ4v) is 1.44. The monoisotopic (exact) mass is 538 g/mol. The first-order valence-corrected chi connectivity index (χ1v) is 7.33. The Labute approximate surface area is 169 Å². The van der Waals surface area contributed by atoms with E-state index >= 15 is 0 Å². The molecule has 0 spiro atoms.